The van der Waals surface area contributed by atoms with Crippen LogP contribution in [0.4, 0.5) is 27.6 Å². The van der Waals surface area contributed by atoms with Gasteiger partial charge in [-0.15, -0.1) is 0 Å². The zero-order valence-electron chi connectivity index (χ0n) is 19.2. The number of carbonyl (C=O) groups excluding carboxylic acids is 3. The largest absolute Gasteiger partial charge is 0.493 e. The van der Waals surface area contributed by atoms with Crippen LogP contribution in [0.5, 0.6) is 5.75 Å². The van der Waals surface area contributed by atoms with Gasteiger partial charge in [0.1, 0.15) is 6.10 Å². The molecule has 0 radical (unpaired) electrons. The van der Waals surface area contributed by atoms with Crippen molar-refractivity contribution in [1.29, 1.82) is 0 Å². The van der Waals surface area contributed by atoms with Gasteiger partial charge in [0, 0.05) is 34.2 Å². The highest BCUT2D eigenvalue weighted by molar-refractivity contribution is 6.02. The molecule has 8 nitrogen and oxygen atoms in total. The van der Waals surface area contributed by atoms with Gasteiger partial charge >= 0.3 is 6.18 Å². The Labute approximate surface area is 201 Å². The molecule has 1 saturated heterocycles. The Morgan fingerprint density at radius 1 is 1.06 bits per heavy atom. The van der Waals surface area contributed by atoms with E-state index in [1.54, 1.807) is 0 Å². The predicted octanol–water partition coefficient (Wildman–Crippen LogP) is 3.25. The van der Waals surface area contributed by atoms with E-state index in [9.17, 15) is 36.3 Å². The van der Waals surface area contributed by atoms with E-state index in [1.807, 2.05) is 0 Å². The third-order valence-electron chi connectivity index (χ3n) is 6.34. The molecule has 0 unspecified atom stereocenters. The summed E-state index contributed by atoms with van der Waals surface area (Å²) in [6.07, 6.45) is -6.82. The molecule has 1 fully saturated rings. The summed E-state index contributed by atoms with van der Waals surface area (Å²) in [5, 5.41) is 2.29. The number of hydrogen-bond acceptors (Lipinski definition) is 5. The number of nitrogens with one attached hydrogen (secondary N) is 1. The smallest absolute Gasteiger partial charge is 0.417 e. The van der Waals surface area contributed by atoms with Crippen LogP contribution in [0.15, 0.2) is 30.3 Å². The normalized spacial score (nSPS) is 23.8. The molecule has 0 aromatic heterocycles. The second kappa shape index (κ2) is 9.37. The Morgan fingerprint density at radius 2 is 1.61 bits per heavy atom. The lowest BCUT2D eigenvalue weighted by molar-refractivity contribution is -0.272. The Balaban J connectivity index is 2.11. The van der Waals surface area contributed by atoms with Crippen LogP contribution in [0.2, 0.25) is 0 Å². The minimum atomic E-state index is -4.95. The molecule has 1 aliphatic rings. The van der Waals surface area contributed by atoms with Crippen molar-refractivity contribution >= 4 is 23.4 Å². The van der Waals surface area contributed by atoms with Crippen molar-refractivity contribution in [3.63, 3.8) is 0 Å². The molecule has 1 aliphatic heterocycles. The lowest BCUT2D eigenvalue weighted by atomic mass is 9.77. The summed E-state index contributed by atoms with van der Waals surface area (Å²) in [4.78, 5) is 36.4. The van der Waals surface area contributed by atoms with Crippen molar-refractivity contribution in [1.82, 2.24) is 0 Å². The van der Waals surface area contributed by atoms with E-state index in [2.05, 4.69) is 5.32 Å². The molecule has 0 aliphatic carbocycles. The lowest BCUT2D eigenvalue weighted by Crippen LogP contribution is -2.47. The summed E-state index contributed by atoms with van der Waals surface area (Å²) in [5.41, 5.74) is 6.78. The van der Waals surface area contributed by atoms with Crippen LogP contribution in [0.25, 0.3) is 0 Å². The maximum Gasteiger partial charge on any atom is 0.417 e. The summed E-state index contributed by atoms with van der Waals surface area (Å²) in [6, 6.07) is 4.96. The van der Waals surface area contributed by atoms with Gasteiger partial charge in [-0.3, -0.25) is 14.4 Å². The number of halogens is 5. The minimum Gasteiger partial charge on any atom is -0.493 e. The minimum absolute atomic E-state index is 0.182. The molecular weight excluding hydrogens is 493 g/mol. The van der Waals surface area contributed by atoms with Crippen LogP contribution in [0.3, 0.4) is 0 Å². The molecule has 2 aromatic rings. The summed E-state index contributed by atoms with van der Waals surface area (Å²) in [5.74, 6) is -9.38. The van der Waals surface area contributed by atoms with E-state index in [0.717, 1.165) is 45.2 Å². The third kappa shape index (κ3) is 4.57. The van der Waals surface area contributed by atoms with Crippen molar-refractivity contribution in [3.05, 3.63) is 58.7 Å². The van der Waals surface area contributed by atoms with Crippen LogP contribution in [-0.4, -0.2) is 42.7 Å². The molecule has 13 heteroatoms. The van der Waals surface area contributed by atoms with Gasteiger partial charge < -0.3 is 26.3 Å². The molecule has 0 saturated carbocycles. The third-order valence-corrected chi connectivity index (χ3v) is 6.34. The average molecular weight is 515 g/mol. The second-order valence-corrected chi connectivity index (χ2v) is 8.46. The highest BCUT2D eigenvalue weighted by Gasteiger charge is 2.65. The number of carbonyl (C=O) groups is 3. The van der Waals surface area contributed by atoms with Crippen molar-refractivity contribution in [3.8, 4) is 5.75 Å². The Kier molecular flexibility index (Phi) is 6.99. The van der Waals surface area contributed by atoms with Crippen LogP contribution >= 0.6 is 0 Å². The van der Waals surface area contributed by atoms with E-state index in [4.69, 9.17) is 20.9 Å². The van der Waals surface area contributed by atoms with Crippen LogP contribution in [0, 0.1) is 17.6 Å². The molecule has 2 aromatic carbocycles. The quantitative estimate of drug-likeness (QED) is 0.508. The fourth-order valence-electron chi connectivity index (χ4n) is 4.24. The van der Waals surface area contributed by atoms with Crippen molar-refractivity contribution in [2.75, 3.05) is 12.4 Å². The first-order chi connectivity index (χ1) is 16.6. The van der Waals surface area contributed by atoms with Gasteiger partial charge in [-0.25, -0.2) is 4.39 Å². The standard InChI is InChI=1S/C23H22F5N3O5/c1-9-15(13-4-5-14(24)16(25)17(13)35-3)18(36-22(9,2)23(26,27)28)21(34)31-12-7-10(19(29)32)6-11(8-12)20(30)33/h4-9,15,18H,1-3H3,(H2,29,32)(H2,30,33)(H,31,34)/t9-,15-,18+,22+/m0/s1. The molecule has 3 amide bonds. The highest BCUT2D eigenvalue weighted by atomic mass is 19.4. The fourth-order valence-corrected chi connectivity index (χ4v) is 4.24. The van der Waals surface area contributed by atoms with Gasteiger partial charge in [0.25, 0.3) is 5.91 Å². The molecule has 1 heterocycles. The zero-order valence-corrected chi connectivity index (χ0v) is 19.2. The molecule has 3 rings (SSSR count). The number of nitrogens with two attached hydrogens (primary N) is 2. The number of primary amides is 2. The number of rotatable bonds is 6. The number of ether oxygens (including phenoxy) is 2. The SMILES string of the molecule is COc1c([C@H]2[C@H](C(=O)Nc3cc(C(N)=O)cc(C(N)=O)c3)O[C@@](C)(C(F)(F)F)[C@H]2C)ccc(F)c1F. The molecule has 4 atom stereocenters. The summed E-state index contributed by atoms with van der Waals surface area (Å²) in [6.45, 7) is 1.90. The first-order valence-corrected chi connectivity index (χ1v) is 10.4. The second-order valence-electron chi connectivity index (χ2n) is 8.46. The number of hydrogen-bond donors (Lipinski definition) is 3. The highest BCUT2D eigenvalue weighted by Crippen LogP contribution is 2.55. The Bertz CT molecular complexity index is 1200. The van der Waals surface area contributed by atoms with E-state index < -0.39 is 64.8 Å². The molecule has 0 spiro atoms. The Morgan fingerprint density at radius 3 is 2.08 bits per heavy atom. The van der Waals surface area contributed by atoms with E-state index in [0.29, 0.717) is 6.07 Å². The number of benzene rings is 2. The van der Waals surface area contributed by atoms with Crippen LogP contribution < -0.4 is 21.5 Å². The lowest BCUT2D eigenvalue weighted by Gasteiger charge is -2.32. The van der Waals surface area contributed by atoms with Gasteiger partial charge in [0.05, 0.1) is 7.11 Å². The Hall–Kier alpha value is -3.74. The first kappa shape index (κ1) is 26.9. The molecule has 5 N–H and O–H groups in total. The maximum absolute atomic E-state index is 14.4. The summed E-state index contributed by atoms with van der Waals surface area (Å²) in [7, 11) is 1.00. The molecule has 194 valence electrons. The van der Waals surface area contributed by atoms with Gasteiger partial charge in [-0.05, 0) is 31.2 Å². The number of methoxy groups -OCH3 is 1. The van der Waals surface area contributed by atoms with Gasteiger partial charge in [0.15, 0.2) is 17.2 Å². The van der Waals surface area contributed by atoms with Gasteiger partial charge in [-0.2, -0.15) is 17.6 Å². The number of amides is 3. The molecule has 36 heavy (non-hydrogen) atoms. The van der Waals surface area contributed by atoms with Crippen LogP contribution in [0.1, 0.15) is 46.0 Å². The summed E-state index contributed by atoms with van der Waals surface area (Å²) < 4.78 is 80.5. The van der Waals surface area contributed by atoms with E-state index in [-0.39, 0.29) is 22.4 Å². The molecule has 0 bridgehead atoms. The van der Waals surface area contributed by atoms with Crippen molar-refractivity contribution in [2.45, 2.75) is 37.6 Å². The van der Waals surface area contributed by atoms with E-state index in [1.165, 1.54) is 0 Å². The number of anilines is 1. The average Bonchev–Trinajstić information content (AvgIpc) is 3.07. The van der Waals surface area contributed by atoms with Gasteiger partial charge in [-0.1, -0.05) is 13.0 Å². The number of alkyl halides is 3. The van der Waals surface area contributed by atoms with Crippen molar-refractivity contribution < 1.29 is 45.8 Å². The summed E-state index contributed by atoms with van der Waals surface area (Å²) >= 11 is 0. The van der Waals surface area contributed by atoms with E-state index >= 15 is 0 Å². The van der Waals surface area contributed by atoms with Crippen molar-refractivity contribution in [2.24, 2.45) is 17.4 Å². The first-order valence-electron chi connectivity index (χ1n) is 10.4. The predicted molar refractivity (Wildman–Crippen MR) is 116 cm³/mol. The molecular formula is C23H22F5N3O5. The van der Waals surface area contributed by atoms with Crippen LogP contribution in [-0.2, 0) is 9.53 Å². The van der Waals surface area contributed by atoms with Gasteiger partial charge in [0.2, 0.25) is 17.6 Å². The topological polar surface area (TPSA) is 134 Å². The monoisotopic (exact) mass is 515 g/mol. The zero-order chi connectivity index (χ0) is 27.2. The maximum atomic E-state index is 14.4. The fraction of sp³-hybridized carbons (Fsp3) is 0.348.